The number of esters is 1. The number of pyridine rings is 1. The maximum absolute atomic E-state index is 10.6. The van der Waals surface area contributed by atoms with Crippen molar-refractivity contribution in [1.29, 1.82) is 0 Å². The first-order valence-electron chi connectivity index (χ1n) is 9.83. The molecule has 0 saturated carbocycles. The first kappa shape index (κ1) is 28.0. The van der Waals surface area contributed by atoms with E-state index in [2.05, 4.69) is 35.3 Å². The smallest absolute Gasteiger partial charge is 0.326 e. The van der Waals surface area contributed by atoms with Crippen LogP contribution in [0.2, 0.25) is 0 Å². The number of hydrazine groups is 1. The van der Waals surface area contributed by atoms with Crippen LogP contribution in [0.1, 0.15) is 5.56 Å². The highest BCUT2D eigenvalue weighted by Crippen LogP contribution is 2.28. The molecule has 0 atom stereocenters. The lowest BCUT2D eigenvalue weighted by Crippen LogP contribution is -2.33. The summed E-state index contributed by atoms with van der Waals surface area (Å²) in [7, 11) is 2.96. The van der Waals surface area contributed by atoms with Crippen molar-refractivity contribution >= 4 is 29.9 Å². The summed E-state index contributed by atoms with van der Waals surface area (Å²) in [5.74, 6) is 5.83. The van der Waals surface area contributed by atoms with E-state index in [0.717, 1.165) is 20.5 Å². The number of thiol groups is 1. The van der Waals surface area contributed by atoms with Crippen LogP contribution in [0.15, 0.2) is 77.0 Å². The van der Waals surface area contributed by atoms with E-state index in [9.17, 15) is 4.79 Å². The average Bonchev–Trinajstić information content (AvgIpc) is 3.27. The molecule has 8 nitrogen and oxygen atoms in total. The molecule has 6 N–H and O–H groups in total. The van der Waals surface area contributed by atoms with Crippen molar-refractivity contribution in [2.75, 3.05) is 27.3 Å². The predicted octanol–water partition coefficient (Wildman–Crippen LogP) is 3.20. The van der Waals surface area contributed by atoms with E-state index in [1.54, 1.807) is 24.6 Å². The number of hydrogen-bond donors (Lipinski definition) is 4. The van der Waals surface area contributed by atoms with Gasteiger partial charge in [-0.1, -0.05) is 23.8 Å². The highest BCUT2D eigenvalue weighted by molar-refractivity contribution is 7.83. The van der Waals surface area contributed by atoms with Gasteiger partial charge in [0.1, 0.15) is 12.3 Å². The van der Waals surface area contributed by atoms with E-state index in [4.69, 9.17) is 22.0 Å². The topological polar surface area (TPSA) is 130 Å². The molecule has 0 bridgehead atoms. The number of aryl methyl sites for hydroxylation is 1. The molecule has 33 heavy (non-hydrogen) atoms. The minimum Gasteiger partial charge on any atom is -0.497 e. The fourth-order valence-electron chi connectivity index (χ4n) is 2.19. The van der Waals surface area contributed by atoms with E-state index in [0.29, 0.717) is 5.70 Å². The van der Waals surface area contributed by atoms with Gasteiger partial charge in [0.05, 0.1) is 18.4 Å². The Morgan fingerprint density at radius 2 is 1.88 bits per heavy atom. The molecule has 0 aliphatic carbocycles. The molecule has 2 heterocycles. The van der Waals surface area contributed by atoms with Crippen LogP contribution in [0.4, 0.5) is 0 Å². The third kappa shape index (κ3) is 11.9. The van der Waals surface area contributed by atoms with E-state index in [1.807, 2.05) is 48.7 Å². The van der Waals surface area contributed by atoms with Gasteiger partial charge in [-0.05, 0) is 37.3 Å². The molecule has 2 aromatic heterocycles. The molecule has 10 heteroatoms. The summed E-state index contributed by atoms with van der Waals surface area (Å²) >= 11 is 5.92. The number of nitrogens with zero attached hydrogens (tertiary/aromatic N) is 2. The number of thiophene rings is 1. The van der Waals surface area contributed by atoms with Crippen molar-refractivity contribution < 1.29 is 14.3 Å². The molecule has 1 aromatic carbocycles. The molecule has 0 aliphatic rings. The Labute approximate surface area is 204 Å². The van der Waals surface area contributed by atoms with Crippen LogP contribution >= 0.6 is 24.0 Å². The second kappa shape index (κ2) is 15.7. The Bertz CT molecular complexity index is 979. The number of carbonyl (C=O) groups is 1. The van der Waals surface area contributed by atoms with Crippen molar-refractivity contribution in [2.45, 2.75) is 11.1 Å². The minimum atomic E-state index is -0.432. The molecular weight excluding hydrogens is 458 g/mol. The number of benzene rings is 1. The maximum atomic E-state index is 10.6. The zero-order chi connectivity index (χ0) is 24.6. The molecule has 0 amide bonds. The predicted molar refractivity (Wildman–Crippen MR) is 137 cm³/mol. The molecule has 3 rings (SSSR count). The number of hydrogen-bond acceptors (Lipinski definition) is 10. The maximum Gasteiger partial charge on any atom is 0.326 e. The number of aromatic nitrogens is 1. The summed E-state index contributed by atoms with van der Waals surface area (Å²) in [6, 6.07) is 16.0. The Kier molecular flexibility index (Phi) is 13.3. The van der Waals surface area contributed by atoms with Gasteiger partial charge < -0.3 is 25.9 Å². The quantitative estimate of drug-likeness (QED) is 0.180. The third-order valence-electron chi connectivity index (χ3n) is 3.90. The van der Waals surface area contributed by atoms with Gasteiger partial charge in [-0.25, -0.2) is 5.84 Å². The third-order valence-corrected chi connectivity index (χ3v) is 5.26. The van der Waals surface area contributed by atoms with Crippen LogP contribution in [0.3, 0.4) is 0 Å². The summed E-state index contributed by atoms with van der Waals surface area (Å²) < 4.78 is 10.4. The van der Waals surface area contributed by atoms with Gasteiger partial charge in [-0.3, -0.25) is 9.78 Å². The van der Waals surface area contributed by atoms with Gasteiger partial charge in [-0.2, -0.15) is 0 Å². The highest BCUT2D eigenvalue weighted by Gasteiger charge is 2.03. The van der Waals surface area contributed by atoms with Gasteiger partial charge in [0, 0.05) is 41.3 Å². The number of nitrogens with two attached hydrogens (primary N) is 3. The SMILES string of the molecule is COC(=O)CN(N)/C=C(\N)CN.COc1ccc(C)cc1.Sc1ccc(-c2cccnc2)s1. The lowest BCUT2D eigenvalue weighted by Gasteiger charge is -2.12. The lowest BCUT2D eigenvalue weighted by atomic mass is 10.2. The molecule has 0 saturated heterocycles. The van der Waals surface area contributed by atoms with Crippen LogP contribution in [-0.2, 0) is 9.53 Å². The van der Waals surface area contributed by atoms with Crippen molar-refractivity contribution in [2.24, 2.45) is 17.3 Å². The summed E-state index contributed by atoms with van der Waals surface area (Å²) in [6.45, 7) is 2.21. The van der Waals surface area contributed by atoms with Gasteiger partial charge in [0.25, 0.3) is 0 Å². The average molecular weight is 490 g/mol. The monoisotopic (exact) mass is 489 g/mol. The fraction of sp³-hybridized carbons (Fsp3) is 0.217. The van der Waals surface area contributed by atoms with E-state index < -0.39 is 5.97 Å². The number of ether oxygens (including phenoxy) is 2. The lowest BCUT2D eigenvalue weighted by molar-refractivity contribution is -0.141. The normalized spacial score (nSPS) is 10.2. The second-order valence-electron chi connectivity index (χ2n) is 6.55. The van der Waals surface area contributed by atoms with Crippen molar-refractivity contribution in [3.05, 3.63) is 78.4 Å². The zero-order valence-electron chi connectivity index (χ0n) is 19.0. The van der Waals surface area contributed by atoms with Crippen LogP contribution < -0.4 is 22.0 Å². The summed E-state index contributed by atoms with van der Waals surface area (Å²) in [4.78, 5) is 15.9. The number of rotatable bonds is 6. The van der Waals surface area contributed by atoms with Gasteiger partial charge in [-0.15, -0.1) is 24.0 Å². The van der Waals surface area contributed by atoms with Crippen LogP contribution in [-0.4, -0.2) is 43.3 Å². The Morgan fingerprint density at radius 1 is 1.18 bits per heavy atom. The van der Waals surface area contributed by atoms with Gasteiger partial charge >= 0.3 is 5.97 Å². The molecule has 0 spiro atoms. The molecule has 3 aromatic rings. The first-order valence-corrected chi connectivity index (χ1v) is 11.1. The van der Waals surface area contributed by atoms with Crippen molar-refractivity contribution in [3.63, 3.8) is 0 Å². The molecule has 0 fully saturated rings. The van der Waals surface area contributed by atoms with Gasteiger partial charge in [0.15, 0.2) is 0 Å². The summed E-state index contributed by atoms with van der Waals surface area (Å²) in [5, 5.41) is 1.12. The molecular formula is C23H31N5O3S2. The van der Waals surface area contributed by atoms with Crippen LogP contribution in [0.25, 0.3) is 10.4 Å². The Morgan fingerprint density at radius 3 is 2.36 bits per heavy atom. The standard InChI is InChI=1S/C9H7NS2.C8H10O.C6H14N4O2/c11-9-4-3-8(12-9)7-2-1-5-10-6-7;1-7-3-5-8(9-2)6-4-7;1-12-6(11)4-10(9)3-5(8)2-7/h1-6,11H;3-6H,1-2H3;3H,2,4,7-9H2,1H3/b;;5-3-. The molecule has 178 valence electrons. The Hall–Kier alpha value is -3.05. The zero-order valence-corrected chi connectivity index (χ0v) is 20.7. The van der Waals surface area contributed by atoms with Crippen LogP contribution in [0, 0.1) is 6.92 Å². The summed E-state index contributed by atoms with van der Waals surface area (Å²) in [5.41, 5.74) is 13.4. The van der Waals surface area contributed by atoms with Crippen molar-refractivity contribution in [3.8, 4) is 16.2 Å². The van der Waals surface area contributed by atoms with Crippen molar-refractivity contribution in [1.82, 2.24) is 9.99 Å². The van der Waals surface area contributed by atoms with E-state index in [-0.39, 0.29) is 13.1 Å². The Balaban J connectivity index is 0.000000250. The minimum absolute atomic E-state index is 0.0444. The molecule has 0 radical (unpaired) electrons. The number of methoxy groups -OCH3 is 2. The van der Waals surface area contributed by atoms with E-state index >= 15 is 0 Å². The van der Waals surface area contributed by atoms with Crippen LogP contribution in [0.5, 0.6) is 5.75 Å². The molecule has 0 aliphatic heterocycles. The van der Waals surface area contributed by atoms with E-state index in [1.165, 1.54) is 23.8 Å². The first-order chi connectivity index (χ1) is 15.8. The number of carbonyl (C=O) groups excluding carboxylic acids is 1. The summed E-state index contributed by atoms with van der Waals surface area (Å²) in [6.07, 6.45) is 5.02. The van der Waals surface area contributed by atoms with Gasteiger partial charge in [0.2, 0.25) is 0 Å². The second-order valence-corrected chi connectivity index (χ2v) is 8.42. The fourth-order valence-corrected chi connectivity index (χ4v) is 3.30. The largest absolute Gasteiger partial charge is 0.497 e. The molecule has 0 unspecified atom stereocenters. The highest BCUT2D eigenvalue weighted by atomic mass is 32.2.